The van der Waals surface area contributed by atoms with E-state index in [0.717, 1.165) is 30.2 Å². The van der Waals surface area contributed by atoms with Crippen molar-refractivity contribution in [2.75, 3.05) is 0 Å². The standard InChI is InChI=1S/C17H24BrNO3/c1-17(2,3)22-16(20)10-12-4-7-14(8-5-12)21-15-9-6-13(18)11-19-15/h6,9,11-12,14H,4-5,7-8,10H2,1-3H3/t12-,14+. The van der Waals surface area contributed by atoms with Gasteiger partial charge in [-0.15, -0.1) is 0 Å². The van der Waals surface area contributed by atoms with Crippen LogP contribution in [0.2, 0.25) is 0 Å². The van der Waals surface area contributed by atoms with Gasteiger partial charge >= 0.3 is 5.97 Å². The molecule has 2 rings (SSSR count). The van der Waals surface area contributed by atoms with E-state index < -0.39 is 5.60 Å². The van der Waals surface area contributed by atoms with Crippen molar-refractivity contribution in [1.29, 1.82) is 0 Å². The van der Waals surface area contributed by atoms with Crippen LogP contribution in [0.15, 0.2) is 22.8 Å². The molecule has 1 aliphatic rings. The van der Waals surface area contributed by atoms with Crippen molar-refractivity contribution >= 4 is 21.9 Å². The minimum absolute atomic E-state index is 0.0913. The summed E-state index contributed by atoms with van der Waals surface area (Å²) in [5.74, 6) is 0.984. The van der Waals surface area contributed by atoms with Gasteiger partial charge in [-0.2, -0.15) is 0 Å². The Balaban J connectivity index is 1.73. The monoisotopic (exact) mass is 369 g/mol. The van der Waals surface area contributed by atoms with Crippen LogP contribution in [-0.2, 0) is 9.53 Å². The third-order valence-corrected chi connectivity index (χ3v) is 4.13. The number of pyridine rings is 1. The van der Waals surface area contributed by atoms with E-state index in [-0.39, 0.29) is 12.1 Å². The predicted molar refractivity (Wildman–Crippen MR) is 88.8 cm³/mol. The van der Waals surface area contributed by atoms with Crippen LogP contribution in [0.3, 0.4) is 0 Å². The summed E-state index contributed by atoms with van der Waals surface area (Å²) >= 11 is 3.36. The fourth-order valence-electron chi connectivity index (χ4n) is 2.68. The second-order valence-corrected chi connectivity index (χ2v) is 7.78. The van der Waals surface area contributed by atoms with Gasteiger partial charge in [-0.25, -0.2) is 4.98 Å². The summed E-state index contributed by atoms with van der Waals surface area (Å²) in [5, 5.41) is 0. The van der Waals surface area contributed by atoms with Crippen molar-refractivity contribution in [3.63, 3.8) is 0 Å². The summed E-state index contributed by atoms with van der Waals surface area (Å²) in [7, 11) is 0. The van der Waals surface area contributed by atoms with Gasteiger partial charge in [0.1, 0.15) is 11.7 Å². The maximum atomic E-state index is 11.9. The number of hydrogen-bond donors (Lipinski definition) is 0. The van der Waals surface area contributed by atoms with Gasteiger partial charge in [-0.1, -0.05) is 0 Å². The Morgan fingerprint density at radius 1 is 1.27 bits per heavy atom. The Kier molecular flexibility index (Phi) is 5.84. The lowest BCUT2D eigenvalue weighted by molar-refractivity contribution is -0.156. The van der Waals surface area contributed by atoms with E-state index >= 15 is 0 Å². The lowest BCUT2D eigenvalue weighted by Crippen LogP contribution is -2.28. The zero-order valence-electron chi connectivity index (χ0n) is 13.5. The molecule has 5 heteroatoms. The van der Waals surface area contributed by atoms with Gasteiger partial charge in [0.05, 0.1) is 0 Å². The molecular formula is C17H24BrNO3. The first-order valence-corrected chi connectivity index (χ1v) is 8.61. The van der Waals surface area contributed by atoms with E-state index in [9.17, 15) is 4.79 Å². The molecule has 0 atom stereocenters. The van der Waals surface area contributed by atoms with Crippen LogP contribution in [0.25, 0.3) is 0 Å². The minimum atomic E-state index is -0.398. The number of hydrogen-bond acceptors (Lipinski definition) is 4. The number of aromatic nitrogens is 1. The topological polar surface area (TPSA) is 48.4 Å². The van der Waals surface area contributed by atoms with Crippen molar-refractivity contribution < 1.29 is 14.3 Å². The third kappa shape index (κ3) is 5.95. The van der Waals surface area contributed by atoms with E-state index in [4.69, 9.17) is 9.47 Å². The maximum Gasteiger partial charge on any atom is 0.306 e. The van der Waals surface area contributed by atoms with Crippen molar-refractivity contribution in [2.45, 2.75) is 64.6 Å². The van der Waals surface area contributed by atoms with Crippen LogP contribution in [0.5, 0.6) is 5.88 Å². The molecule has 122 valence electrons. The van der Waals surface area contributed by atoms with Gasteiger partial charge in [0.2, 0.25) is 5.88 Å². The molecule has 0 unspecified atom stereocenters. The van der Waals surface area contributed by atoms with Crippen molar-refractivity contribution in [3.05, 3.63) is 22.8 Å². The molecule has 4 nitrogen and oxygen atoms in total. The molecular weight excluding hydrogens is 346 g/mol. The van der Waals surface area contributed by atoms with Crippen molar-refractivity contribution in [3.8, 4) is 5.88 Å². The van der Waals surface area contributed by atoms with Crippen molar-refractivity contribution in [2.24, 2.45) is 5.92 Å². The van der Waals surface area contributed by atoms with E-state index in [1.54, 1.807) is 6.20 Å². The van der Waals surface area contributed by atoms with E-state index in [1.165, 1.54) is 0 Å². The number of nitrogens with zero attached hydrogens (tertiary/aromatic N) is 1. The lowest BCUT2D eigenvalue weighted by Gasteiger charge is -2.29. The second-order valence-electron chi connectivity index (χ2n) is 6.87. The average molecular weight is 370 g/mol. The van der Waals surface area contributed by atoms with Crippen LogP contribution < -0.4 is 4.74 Å². The van der Waals surface area contributed by atoms with Crippen LogP contribution in [-0.4, -0.2) is 22.7 Å². The van der Waals surface area contributed by atoms with Gasteiger partial charge in [0.15, 0.2) is 0 Å². The average Bonchev–Trinajstić information content (AvgIpc) is 2.41. The minimum Gasteiger partial charge on any atom is -0.474 e. The number of ether oxygens (including phenoxy) is 2. The van der Waals surface area contributed by atoms with E-state index in [0.29, 0.717) is 18.2 Å². The lowest BCUT2D eigenvalue weighted by atomic mass is 9.85. The predicted octanol–water partition coefficient (Wildman–Crippen LogP) is 4.51. The molecule has 0 radical (unpaired) electrons. The Bertz CT molecular complexity index is 488. The Morgan fingerprint density at radius 3 is 2.50 bits per heavy atom. The maximum absolute atomic E-state index is 11.9. The number of rotatable bonds is 4. The molecule has 1 saturated carbocycles. The molecule has 1 aromatic heterocycles. The highest BCUT2D eigenvalue weighted by atomic mass is 79.9. The first-order chi connectivity index (χ1) is 10.3. The van der Waals surface area contributed by atoms with Gasteiger partial charge in [-0.05, 0) is 74.4 Å². The second kappa shape index (κ2) is 7.44. The third-order valence-electron chi connectivity index (χ3n) is 3.66. The Labute approximate surface area is 140 Å². The zero-order chi connectivity index (χ0) is 16.2. The van der Waals surface area contributed by atoms with Gasteiger partial charge in [0.25, 0.3) is 0 Å². The summed E-state index contributed by atoms with van der Waals surface area (Å²) in [6.45, 7) is 5.71. The summed E-state index contributed by atoms with van der Waals surface area (Å²) < 4.78 is 12.2. The molecule has 0 N–H and O–H groups in total. The van der Waals surface area contributed by atoms with Gasteiger partial charge in [-0.3, -0.25) is 4.79 Å². The van der Waals surface area contributed by atoms with Crippen LogP contribution >= 0.6 is 15.9 Å². The number of esters is 1. The normalized spacial score (nSPS) is 22.2. The summed E-state index contributed by atoms with van der Waals surface area (Å²) in [5.41, 5.74) is -0.398. The molecule has 1 aliphatic carbocycles. The Morgan fingerprint density at radius 2 is 1.95 bits per heavy atom. The summed E-state index contributed by atoms with van der Waals surface area (Å²) in [6, 6.07) is 3.80. The van der Waals surface area contributed by atoms with Gasteiger partial charge in [0, 0.05) is 23.2 Å². The Hall–Kier alpha value is -1.10. The van der Waals surface area contributed by atoms with Crippen LogP contribution in [0.1, 0.15) is 52.9 Å². The SMILES string of the molecule is CC(C)(C)OC(=O)C[C@H]1CC[C@@H](Oc2ccc(Br)cn2)CC1. The first kappa shape index (κ1) is 17.3. The number of carbonyl (C=O) groups is 1. The first-order valence-electron chi connectivity index (χ1n) is 7.82. The number of carbonyl (C=O) groups excluding carboxylic acids is 1. The molecule has 0 aliphatic heterocycles. The van der Waals surface area contributed by atoms with Gasteiger partial charge < -0.3 is 9.47 Å². The highest BCUT2D eigenvalue weighted by molar-refractivity contribution is 9.10. The van der Waals surface area contributed by atoms with E-state index in [2.05, 4.69) is 20.9 Å². The molecule has 1 aromatic rings. The van der Waals surface area contributed by atoms with E-state index in [1.807, 2.05) is 32.9 Å². The quantitative estimate of drug-likeness (QED) is 0.732. The molecule has 1 heterocycles. The highest BCUT2D eigenvalue weighted by Crippen LogP contribution is 2.30. The molecule has 0 saturated heterocycles. The molecule has 22 heavy (non-hydrogen) atoms. The highest BCUT2D eigenvalue weighted by Gasteiger charge is 2.26. The van der Waals surface area contributed by atoms with Crippen LogP contribution in [0.4, 0.5) is 0 Å². The fourth-order valence-corrected chi connectivity index (χ4v) is 2.91. The summed E-state index contributed by atoms with van der Waals surface area (Å²) in [6.07, 6.45) is 6.38. The molecule has 0 aromatic carbocycles. The zero-order valence-corrected chi connectivity index (χ0v) is 15.1. The smallest absolute Gasteiger partial charge is 0.306 e. The summed E-state index contributed by atoms with van der Waals surface area (Å²) in [4.78, 5) is 16.1. The fraction of sp³-hybridized carbons (Fsp3) is 0.647. The van der Waals surface area contributed by atoms with Crippen LogP contribution in [0, 0.1) is 5.92 Å². The molecule has 0 bridgehead atoms. The number of halogens is 1. The molecule has 0 spiro atoms. The largest absolute Gasteiger partial charge is 0.474 e. The molecule has 1 fully saturated rings. The van der Waals surface area contributed by atoms with Crippen molar-refractivity contribution in [1.82, 2.24) is 4.98 Å². The molecule has 0 amide bonds.